The molecule has 3 amide bonds. The smallest absolute Gasteiger partial charge is 0.319 e. The van der Waals surface area contributed by atoms with E-state index in [4.69, 9.17) is 0 Å². The van der Waals surface area contributed by atoms with Gasteiger partial charge in [0.1, 0.15) is 0 Å². The average molecular weight is 379 g/mol. The van der Waals surface area contributed by atoms with Gasteiger partial charge in [0, 0.05) is 24.5 Å². The maximum atomic E-state index is 12.9. The molecule has 4 N–H and O–H groups in total. The van der Waals surface area contributed by atoms with Gasteiger partial charge in [0.15, 0.2) is 0 Å². The molecule has 1 aromatic carbocycles. The molecule has 2 atom stereocenters. The molecule has 142 valence electrons. The van der Waals surface area contributed by atoms with Gasteiger partial charge in [-0.2, -0.15) is 0 Å². The summed E-state index contributed by atoms with van der Waals surface area (Å²) in [6.45, 7) is 5.68. The van der Waals surface area contributed by atoms with E-state index in [1.54, 1.807) is 18.2 Å². The normalized spacial score (nSPS) is 23.9. The van der Waals surface area contributed by atoms with Crippen LogP contribution in [0.4, 0.5) is 16.2 Å². The van der Waals surface area contributed by atoms with Crippen molar-refractivity contribution < 1.29 is 9.59 Å². The summed E-state index contributed by atoms with van der Waals surface area (Å²) in [7, 11) is 0. The number of hydrogen-bond donors (Lipinski definition) is 4. The first-order valence-corrected chi connectivity index (χ1v) is 8.92. The number of amides is 3. The van der Waals surface area contributed by atoms with E-state index in [0.717, 1.165) is 38.0 Å². The quantitative estimate of drug-likeness (QED) is 0.594. The second-order valence-corrected chi connectivity index (χ2v) is 6.88. The minimum Gasteiger partial charge on any atom is -0.334 e. The summed E-state index contributed by atoms with van der Waals surface area (Å²) in [5.74, 6) is 0.558. The van der Waals surface area contributed by atoms with Crippen LogP contribution in [0.1, 0.15) is 25.7 Å². The lowest BCUT2D eigenvalue weighted by Crippen LogP contribution is -2.44. The Hall–Kier alpha value is -2.05. The average Bonchev–Trinajstić information content (AvgIpc) is 3.07. The molecule has 1 aliphatic carbocycles. The van der Waals surface area contributed by atoms with Crippen molar-refractivity contribution in [3.05, 3.63) is 36.9 Å². The molecule has 1 aliphatic heterocycles. The summed E-state index contributed by atoms with van der Waals surface area (Å²) in [5.41, 5.74) is 1.17. The van der Waals surface area contributed by atoms with E-state index in [9.17, 15) is 9.59 Å². The highest BCUT2D eigenvalue weighted by Crippen LogP contribution is 2.44. The lowest BCUT2D eigenvalue weighted by Gasteiger charge is -2.37. The maximum Gasteiger partial charge on any atom is 0.319 e. The van der Waals surface area contributed by atoms with E-state index in [1.165, 1.54) is 6.42 Å². The Balaban J connectivity index is 0.00000243. The van der Waals surface area contributed by atoms with Crippen molar-refractivity contribution in [2.45, 2.75) is 25.7 Å². The van der Waals surface area contributed by atoms with Crippen LogP contribution in [0.3, 0.4) is 0 Å². The monoisotopic (exact) mass is 378 g/mol. The molecule has 1 saturated heterocycles. The van der Waals surface area contributed by atoms with E-state index in [2.05, 4.69) is 27.8 Å². The second-order valence-electron chi connectivity index (χ2n) is 6.88. The van der Waals surface area contributed by atoms with Crippen molar-refractivity contribution >= 4 is 35.7 Å². The molecule has 26 heavy (non-hydrogen) atoms. The molecule has 0 radical (unpaired) electrons. The van der Waals surface area contributed by atoms with E-state index in [1.807, 2.05) is 12.1 Å². The van der Waals surface area contributed by atoms with Crippen LogP contribution in [0.25, 0.3) is 0 Å². The topological polar surface area (TPSA) is 82.3 Å². The molecule has 1 heterocycles. The highest BCUT2D eigenvalue weighted by Gasteiger charge is 2.49. The molecule has 6 nitrogen and oxygen atoms in total. The van der Waals surface area contributed by atoms with E-state index in [0.29, 0.717) is 18.2 Å². The predicted molar refractivity (Wildman–Crippen MR) is 107 cm³/mol. The van der Waals surface area contributed by atoms with Gasteiger partial charge in [-0.05, 0) is 49.6 Å². The summed E-state index contributed by atoms with van der Waals surface area (Å²) in [4.78, 5) is 24.5. The molecular formula is C19H27ClN4O2. The van der Waals surface area contributed by atoms with Gasteiger partial charge >= 0.3 is 6.03 Å². The van der Waals surface area contributed by atoms with Crippen molar-refractivity contribution in [3.63, 3.8) is 0 Å². The fraction of sp³-hybridized carbons (Fsp3) is 0.474. The van der Waals surface area contributed by atoms with Crippen molar-refractivity contribution in [1.29, 1.82) is 0 Å². The molecule has 0 unspecified atom stereocenters. The molecular weight excluding hydrogens is 352 g/mol. The Morgan fingerprint density at radius 2 is 1.88 bits per heavy atom. The SMILES string of the molecule is C=CCNC(=O)Nc1ccc(NC(=O)[C@@]23CCCC[C@H]2CNC3)cc1.Cl. The summed E-state index contributed by atoms with van der Waals surface area (Å²) in [5, 5.41) is 11.9. The Labute approximate surface area is 160 Å². The fourth-order valence-electron chi connectivity index (χ4n) is 3.92. The number of carbonyl (C=O) groups excluding carboxylic acids is 2. The third-order valence-corrected chi connectivity index (χ3v) is 5.30. The molecule has 2 aliphatic rings. The third kappa shape index (κ3) is 4.37. The Bertz CT molecular complexity index is 649. The Morgan fingerprint density at radius 1 is 1.19 bits per heavy atom. The highest BCUT2D eigenvalue weighted by atomic mass is 35.5. The first-order chi connectivity index (χ1) is 12.1. The fourth-order valence-corrected chi connectivity index (χ4v) is 3.92. The number of hydrogen-bond acceptors (Lipinski definition) is 3. The van der Waals surface area contributed by atoms with Crippen molar-refractivity contribution in [3.8, 4) is 0 Å². The van der Waals surface area contributed by atoms with Crippen molar-refractivity contribution in [2.24, 2.45) is 11.3 Å². The van der Waals surface area contributed by atoms with Crippen molar-refractivity contribution in [1.82, 2.24) is 10.6 Å². The standard InChI is InChI=1S/C19H26N4O2.ClH/c1-2-11-21-18(25)23-16-8-6-15(7-9-16)22-17(24)19-10-4-3-5-14(19)12-20-13-19;/h2,6-9,14,20H,1,3-5,10-13H2,(H,22,24)(H2,21,23,25);1H/t14-,19+;/m0./s1. The van der Waals surface area contributed by atoms with E-state index >= 15 is 0 Å². The maximum absolute atomic E-state index is 12.9. The number of halogens is 1. The zero-order valence-electron chi connectivity index (χ0n) is 14.8. The molecule has 3 rings (SSSR count). The van der Waals surface area contributed by atoms with Crippen LogP contribution in [-0.4, -0.2) is 31.6 Å². The van der Waals surface area contributed by atoms with Crippen LogP contribution < -0.4 is 21.3 Å². The summed E-state index contributed by atoms with van der Waals surface area (Å²) >= 11 is 0. The lowest BCUT2D eigenvalue weighted by molar-refractivity contribution is -0.128. The largest absolute Gasteiger partial charge is 0.334 e. The van der Waals surface area contributed by atoms with E-state index < -0.39 is 0 Å². The Kier molecular flexibility index (Phi) is 7.06. The number of benzene rings is 1. The molecule has 2 fully saturated rings. The van der Waals surface area contributed by atoms with Gasteiger partial charge in [0.25, 0.3) is 0 Å². The minimum absolute atomic E-state index is 0. The molecule has 7 heteroatoms. The predicted octanol–water partition coefficient (Wildman–Crippen LogP) is 3.13. The number of anilines is 2. The molecule has 0 aromatic heterocycles. The molecule has 0 spiro atoms. The number of urea groups is 1. The first-order valence-electron chi connectivity index (χ1n) is 8.92. The van der Waals surface area contributed by atoms with Crippen LogP contribution in [0.5, 0.6) is 0 Å². The molecule has 0 bridgehead atoms. The number of fused-ring (bicyclic) bond motifs is 1. The van der Waals surface area contributed by atoms with Crippen molar-refractivity contribution in [2.75, 3.05) is 30.3 Å². The van der Waals surface area contributed by atoms with Crippen LogP contribution in [0, 0.1) is 11.3 Å². The van der Waals surface area contributed by atoms with Crippen LogP contribution in [-0.2, 0) is 4.79 Å². The molecule has 1 saturated carbocycles. The third-order valence-electron chi connectivity index (χ3n) is 5.30. The zero-order chi connectivity index (χ0) is 17.7. The van der Waals surface area contributed by atoms with Gasteiger partial charge in [-0.15, -0.1) is 19.0 Å². The number of rotatable bonds is 5. The summed E-state index contributed by atoms with van der Waals surface area (Å²) in [6.07, 6.45) is 6.04. The van der Waals surface area contributed by atoms with Crippen LogP contribution in [0.15, 0.2) is 36.9 Å². The van der Waals surface area contributed by atoms with E-state index in [-0.39, 0.29) is 29.8 Å². The first kappa shape index (κ1) is 20.3. The van der Waals surface area contributed by atoms with Crippen LogP contribution >= 0.6 is 12.4 Å². The second kappa shape index (κ2) is 9.05. The van der Waals surface area contributed by atoms with Crippen LogP contribution in [0.2, 0.25) is 0 Å². The van der Waals surface area contributed by atoms with Gasteiger partial charge in [0.05, 0.1) is 5.41 Å². The van der Waals surface area contributed by atoms with Gasteiger partial charge in [-0.1, -0.05) is 18.9 Å². The lowest BCUT2D eigenvalue weighted by atomic mass is 9.67. The summed E-state index contributed by atoms with van der Waals surface area (Å²) < 4.78 is 0. The van der Waals surface area contributed by atoms with Gasteiger partial charge in [-0.3, -0.25) is 4.79 Å². The zero-order valence-corrected chi connectivity index (χ0v) is 15.7. The number of nitrogens with one attached hydrogen (secondary N) is 4. The Morgan fingerprint density at radius 3 is 2.58 bits per heavy atom. The van der Waals surface area contributed by atoms with Gasteiger partial charge in [-0.25, -0.2) is 4.79 Å². The number of carbonyl (C=O) groups is 2. The summed E-state index contributed by atoms with van der Waals surface area (Å²) in [6, 6.07) is 6.92. The highest BCUT2D eigenvalue weighted by molar-refractivity contribution is 5.96. The van der Waals surface area contributed by atoms with Gasteiger partial charge < -0.3 is 21.3 Å². The molecule has 1 aromatic rings. The van der Waals surface area contributed by atoms with Gasteiger partial charge in [0.2, 0.25) is 5.91 Å². The minimum atomic E-state index is -0.280.